The second-order valence-electron chi connectivity index (χ2n) is 4.89. The number of benzene rings is 1. The van der Waals surface area contributed by atoms with Crippen LogP contribution in [0.3, 0.4) is 0 Å². The Morgan fingerprint density at radius 1 is 1.30 bits per heavy atom. The molecule has 2 aromatic rings. The summed E-state index contributed by atoms with van der Waals surface area (Å²) in [5.41, 5.74) is 0.517. The van der Waals surface area contributed by atoms with Gasteiger partial charge in [-0.1, -0.05) is 0 Å². The van der Waals surface area contributed by atoms with Gasteiger partial charge in [0, 0.05) is 23.9 Å². The Morgan fingerprint density at radius 2 is 2.00 bits per heavy atom. The van der Waals surface area contributed by atoms with Crippen LogP contribution in [0.4, 0.5) is 11.6 Å². The van der Waals surface area contributed by atoms with Crippen LogP contribution in [0.1, 0.15) is 12.5 Å². The van der Waals surface area contributed by atoms with Crippen molar-refractivity contribution >= 4 is 23.5 Å². The zero-order valence-corrected chi connectivity index (χ0v) is 12.6. The Labute approximate surface area is 131 Å². The van der Waals surface area contributed by atoms with Crippen LogP contribution < -0.4 is 20.1 Å². The molecule has 1 aliphatic heterocycles. The molecule has 1 aromatic carbocycles. The number of methoxy groups -OCH3 is 2. The minimum Gasteiger partial charge on any atom is -0.497 e. The van der Waals surface area contributed by atoms with E-state index in [0.29, 0.717) is 23.1 Å². The summed E-state index contributed by atoms with van der Waals surface area (Å²) >= 11 is 0. The molecule has 0 saturated heterocycles. The fourth-order valence-corrected chi connectivity index (χ4v) is 2.32. The number of ether oxygens (including phenoxy) is 2. The lowest BCUT2D eigenvalue weighted by atomic mass is 10.2. The fraction of sp³-hybridized carbons (Fsp3) is 0.286. The molecule has 3 rings (SSSR count). The number of carbonyl (C=O) groups is 2. The highest BCUT2D eigenvalue weighted by atomic mass is 16.5. The Balaban J connectivity index is 1.72. The van der Waals surface area contributed by atoms with E-state index in [4.69, 9.17) is 9.47 Å². The van der Waals surface area contributed by atoms with Crippen LogP contribution in [0.5, 0.6) is 11.5 Å². The first kappa shape index (κ1) is 14.8. The number of amides is 2. The van der Waals surface area contributed by atoms with Gasteiger partial charge in [0.1, 0.15) is 23.9 Å². The van der Waals surface area contributed by atoms with Crippen molar-refractivity contribution in [2.45, 2.75) is 12.5 Å². The van der Waals surface area contributed by atoms with Crippen LogP contribution in [-0.4, -0.2) is 40.8 Å². The van der Waals surface area contributed by atoms with Crippen molar-refractivity contribution in [1.29, 1.82) is 0 Å². The molecule has 2 amide bonds. The van der Waals surface area contributed by atoms with Crippen LogP contribution >= 0.6 is 0 Å². The number of rotatable bonds is 5. The Hall–Kier alpha value is -3.10. The molecule has 0 fully saturated rings. The van der Waals surface area contributed by atoms with E-state index in [1.165, 1.54) is 25.2 Å². The molecule has 2 N–H and O–H groups in total. The van der Waals surface area contributed by atoms with E-state index in [1.807, 2.05) is 0 Å². The normalized spacial score (nSPS) is 15.7. The van der Waals surface area contributed by atoms with Gasteiger partial charge < -0.3 is 14.8 Å². The molecule has 0 saturated carbocycles. The average Bonchev–Trinajstić information content (AvgIpc) is 3.09. The summed E-state index contributed by atoms with van der Waals surface area (Å²) in [5, 5.41) is 9.23. The number of hydrogen-bond donors (Lipinski definition) is 2. The van der Waals surface area contributed by atoms with E-state index in [-0.39, 0.29) is 18.2 Å². The molecule has 1 aromatic heterocycles. The van der Waals surface area contributed by atoms with Gasteiger partial charge in [0.25, 0.3) is 5.91 Å². The molecule has 9 nitrogen and oxygen atoms in total. The highest BCUT2D eigenvalue weighted by molar-refractivity contribution is 6.00. The van der Waals surface area contributed by atoms with Gasteiger partial charge in [-0.25, -0.2) is 4.68 Å². The lowest BCUT2D eigenvalue weighted by molar-refractivity contribution is -0.123. The fourth-order valence-electron chi connectivity index (χ4n) is 2.32. The molecular formula is C14H15N5O4. The van der Waals surface area contributed by atoms with Gasteiger partial charge in [0.2, 0.25) is 11.9 Å². The van der Waals surface area contributed by atoms with Gasteiger partial charge in [-0.15, -0.1) is 0 Å². The Kier molecular flexibility index (Phi) is 3.83. The maximum Gasteiger partial charge on any atom is 0.252 e. The van der Waals surface area contributed by atoms with Crippen molar-refractivity contribution in [1.82, 2.24) is 14.8 Å². The molecule has 0 spiro atoms. The van der Waals surface area contributed by atoms with E-state index in [0.717, 1.165) is 0 Å². The summed E-state index contributed by atoms with van der Waals surface area (Å²) in [6.07, 6.45) is 1.27. The third-order valence-corrected chi connectivity index (χ3v) is 3.42. The average molecular weight is 317 g/mol. The van der Waals surface area contributed by atoms with Gasteiger partial charge in [0.05, 0.1) is 20.6 Å². The van der Waals surface area contributed by atoms with Crippen molar-refractivity contribution in [3.05, 3.63) is 24.5 Å². The number of fused-ring (bicyclic) bond motifs is 1. The third-order valence-electron chi connectivity index (χ3n) is 3.42. The van der Waals surface area contributed by atoms with E-state index < -0.39 is 6.04 Å². The van der Waals surface area contributed by atoms with E-state index in [2.05, 4.69) is 20.7 Å². The first-order chi connectivity index (χ1) is 11.1. The first-order valence-electron chi connectivity index (χ1n) is 6.84. The second-order valence-corrected chi connectivity index (χ2v) is 4.89. The predicted molar refractivity (Wildman–Crippen MR) is 80.5 cm³/mol. The van der Waals surface area contributed by atoms with Gasteiger partial charge in [0.15, 0.2) is 0 Å². The minimum atomic E-state index is -0.708. The Bertz CT molecular complexity index is 735. The summed E-state index contributed by atoms with van der Waals surface area (Å²) < 4.78 is 11.7. The highest BCUT2D eigenvalue weighted by Crippen LogP contribution is 2.27. The topological polar surface area (TPSA) is 107 Å². The highest BCUT2D eigenvalue weighted by Gasteiger charge is 2.33. The minimum absolute atomic E-state index is 0.0539. The number of nitrogens with zero attached hydrogens (tertiary/aromatic N) is 3. The van der Waals surface area contributed by atoms with Crippen LogP contribution in [0.25, 0.3) is 0 Å². The van der Waals surface area contributed by atoms with Crippen molar-refractivity contribution < 1.29 is 19.1 Å². The molecule has 1 atom stereocenters. The van der Waals surface area contributed by atoms with Crippen molar-refractivity contribution in [2.24, 2.45) is 0 Å². The van der Waals surface area contributed by atoms with E-state index >= 15 is 0 Å². The summed E-state index contributed by atoms with van der Waals surface area (Å²) in [4.78, 5) is 27.9. The van der Waals surface area contributed by atoms with Crippen LogP contribution in [0.15, 0.2) is 24.5 Å². The van der Waals surface area contributed by atoms with E-state index in [1.54, 1.807) is 18.2 Å². The third kappa shape index (κ3) is 2.93. The molecule has 23 heavy (non-hydrogen) atoms. The summed E-state index contributed by atoms with van der Waals surface area (Å²) in [5.74, 6) is 0.812. The number of anilines is 2. The van der Waals surface area contributed by atoms with Crippen molar-refractivity contribution in [2.75, 3.05) is 24.9 Å². The van der Waals surface area contributed by atoms with Gasteiger partial charge in [-0.05, 0) is 0 Å². The molecule has 9 heteroatoms. The predicted octanol–water partition coefficient (Wildman–Crippen LogP) is 0.817. The first-order valence-corrected chi connectivity index (χ1v) is 6.84. The number of hydrogen-bond acceptors (Lipinski definition) is 6. The monoisotopic (exact) mass is 317 g/mol. The van der Waals surface area contributed by atoms with Crippen LogP contribution in [0, 0.1) is 0 Å². The largest absolute Gasteiger partial charge is 0.497 e. The zero-order valence-electron chi connectivity index (χ0n) is 12.6. The smallest absolute Gasteiger partial charge is 0.252 e. The number of nitrogens with one attached hydrogen (secondary N) is 2. The maximum absolute atomic E-state index is 12.2. The lowest BCUT2D eigenvalue weighted by Gasteiger charge is -2.11. The van der Waals surface area contributed by atoms with Gasteiger partial charge in [-0.3, -0.25) is 14.9 Å². The van der Waals surface area contributed by atoms with Crippen LogP contribution in [0.2, 0.25) is 0 Å². The maximum atomic E-state index is 12.2. The summed E-state index contributed by atoms with van der Waals surface area (Å²) in [7, 11) is 3.05. The quantitative estimate of drug-likeness (QED) is 0.845. The summed E-state index contributed by atoms with van der Waals surface area (Å²) in [6.45, 7) is 0. The number of carbonyl (C=O) groups excluding carboxylic acids is 2. The van der Waals surface area contributed by atoms with Gasteiger partial charge >= 0.3 is 0 Å². The van der Waals surface area contributed by atoms with Gasteiger partial charge in [-0.2, -0.15) is 10.1 Å². The molecule has 0 bridgehead atoms. The zero-order chi connectivity index (χ0) is 16.4. The Morgan fingerprint density at radius 3 is 2.65 bits per heavy atom. The lowest BCUT2D eigenvalue weighted by Crippen LogP contribution is -2.23. The molecular weight excluding hydrogens is 302 g/mol. The standard InChI is InChI=1S/C14H15N5O4/c1-22-9-3-8(4-10(5-9)23-2)17-12(20)6-11-13(21)18-14-15-7-16-19(11)14/h3-5,7,11H,6H2,1-2H3,(H,17,20)(H,15,16,18,21). The van der Waals surface area contributed by atoms with Crippen molar-refractivity contribution in [3.8, 4) is 11.5 Å². The molecule has 1 aliphatic rings. The summed E-state index contributed by atoms with van der Waals surface area (Å²) in [6, 6.07) is 4.31. The molecule has 120 valence electrons. The molecule has 1 unspecified atom stereocenters. The SMILES string of the molecule is COc1cc(NC(=O)CC2C(=O)Nc3ncnn32)cc(OC)c1. The molecule has 0 radical (unpaired) electrons. The van der Waals surface area contributed by atoms with Crippen LogP contribution in [-0.2, 0) is 9.59 Å². The second kappa shape index (κ2) is 5.95. The number of aromatic nitrogens is 3. The van der Waals surface area contributed by atoms with E-state index in [9.17, 15) is 9.59 Å². The van der Waals surface area contributed by atoms with Crippen molar-refractivity contribution in [3.63, 3.8) is 0 Å². The molecule has 2 heterocycles. The molecule has 0 aliphatic carbocycles.